The molecule has 0 saturated carbocycles. The van der Waals surface area contributed by atoms with Crippen LogP contribution in [-0.2, 0) is 6.61 Å². The highest BCUT2D eigenvalue weighted by atomic mass is 35.5. The summed E-state index contributed by atoms with van der Waals surface area (Å²) in [7, 11) is 1.56. The summed E-state index contributed by atoms with van der Waals surface area (Å²) in [6.07, 6.45) is 3.21. The van der Waals surface area contributed by atoms with Crippen molar-refractivity contribution < 1.29 is 18.7 Å². The molecule has 3 aromatic rings. The molecule has 0 heterocycles. The molecule has 0 unspecified atom stereocenters. The van der Waals surface area contributed by atoms with Crippen LogP contribution in [0, 0.1) is 5.82 Å². The number of carbonyl (C=O) groups excluding carboxylic acids is 1. The van der Waals surface area contributed by atoms with E-state index < -0.39 is 5.82 Å². The summed E-state index contributed by atoms with van der Waals surface area (Å²) in [5.41, 5.74) is 2.13. The van der Waals surface area contributed by atoms with E-state index in [1.807, 2.05) is 12.1 Å². The van der Waals surface area contributed by atoms with E-state index in [0.29, 0.717) is 22.1 Å². The smallest absolute Gasteiger partial charge is 0.185 e. The van der Waals surface area contributed by atoms with Gasteiger partial charge in [0.25, 0.3) is 0 Å². The number of halogens is 3. The van der Waals surface area contributed by atoms with Gasteiger partial charge in [-0.05, 0) is 60.2 Å². The number of ketones is 1. The van der Waals surface area contributed by atoms with Gasteiger partial charge in [-0.1, -0.05) is 35.3 Å². The maximum atomic E-state index is 13.3. The molecule has 0 amide bonds. The number of ether oxygens (including phenoxy) is 2. The summed E-state index contributed by atoms with van der Waals surface area (Å²) in [5, 5.41) is 0.569. The summed E-state index contributed by atoms with van der Waals surface area (Å²) >= 11 is 11.6. The molecule has 0 aliphatic carbocycles. The van der Waals surface area contributed by atoms with Gasteiger partial charge in [-0.3, -0.25) is 4.79 Å². The Kier molecular flexibility index (Phi) is 6.91. The van der Waals surface area contributed by atoms with E-state index in [9.17, 15) is 9.18 Å². The maximum Gasteiger partial charge on any atom is 0.185 e. The Bertz CT molecular complexity index is 1050. The lowest BCUT2D eigenvalue weighted by Gasteiger charge is -2.11. The van der Waals surface area contributed by atoms with Gasteiger partial charge in [-0.15, -0.1) is 0 Å². The van der Waals surface area contributed by atoms with Gasteiger partial charge in [-0.2, -0.15) is 0 Å². The minimum atomic E-state index is -0.505. The van der Waals surface area contributed by atoms with Crippen molar-refractivity contribution in [3.05, 3.63) is 99.3 Å². The van der Waals surface area contributed by atoms with Gasteiger partial charge in [0.05, 0.1) is 12.1 Å². The van der Waals surface area contributed by atoms with Crippen LogP contribution in [0.5, 0.6) is 11.5 Å². The molecule has 0 radical (unpaired) electrons. The summed E-state index contributed by atoms with van der Waals surface area (Å²) < 4.78 is 24.3. The molecule has 0 aromatic heterocycles. The highest BCUT2D eigenvalue weighted by Crippen LogP contribution is 2.25. The van der Waals surface area contributed by atoms with E-state index in [4.69, 9.17) is 32.7 Å². The molecule has 0 aliphatic heterocycles. The van der Waals surface area contributed by atoms with Gasteiger partial charge in [0, 0.05) is 22.2 Å². The lowest BCUT2D eigenvalue weighted by molar-refractivity contribution is 0.104. The van der Waals surface area contributed by atoms with Crippen molar-refractivity contribution in [2.75, 3.05) is 7.11 Å². The molecule has 0 atom stereocenters. The average Bonchev–Trinajstić information content (AvgIpc) is 2.73. The minimum absolute atomic E-state index is 0.00754. The summed E-state index contributed by atoms with van der Waals surface area (Å²) in [6.45, 7) is 0.192. The molecular weight excluding hydrogens is 414 g/mol. The van der Waals surface area contributed by atoms with Crippen molar-refractivity contribution in [2.24, 2.45) is 0 Å². The summed E-state index contributed by atoms with van der Waals surface area (Å²) in [5.74, 6) is 0.446. The Balaban J connectivity index is 1.74. The molecule has 3 nitrogen and oxygen atoms in total. The lowest BCUT2D eigenvalue weighted by atomic mass is 10.1. The molecule has 0 bridgehead atoms. The van der Waals surface area contributed by atoms with Crippen LogP contribution in [0.25, 0.3) is 6.08 Å². The van der Waals surface area contributed by atoms with Crippen LogP contribution in [0.1, 0.15) is 21.5 Å². The fourth-order valence-corrected chi connectivity index (χ4v) is 2.92. The van der Waals surface area contributed by atoms with Crippen molar-refractivity contribution in [3.63, 3.8) is 0 Å². The van der Waals surface area contributed by atoms with Gasteiger partial charge in [0.1, 0.15) is 23.9 Å². The molecule has 0 aliphatic rings. The first-order valence-corrected chi connectivity index (χ1v) is 9.44. The van der Waals surface area contributed by atoms with Crippen LogP contribution < -0.4 is 9.47 Å². The second-order valence-electron chi connectivity index (χ2n) is 6.14. The number of hydrogen-bond donors (Lipinski definition) is 0. The van der Waals surface area contributed by atoms with Crippen LogP contribution in [0.2, 0.25) is 10.0 Å². The van der Waals surface area contributed by atoms with Crippen molar-refractivity contribution in [3.8, 4) is 11.5 Å². The van der Waals surface area contributed by atoms with Gasteiger partial charge < -0.3 is 9.47 Å². The molecule has 0 saturated heterocycles. The molecule has 0 fully saturated rings. The quantitative estimate of drug-likeness (QED) is 0.312. The minimum Gasteiger partial charge on any atom is -0.496 e. The topological polar surface area (TPSA) is 35.5 Å². The molecule has 0 spiro atoms. The van der Waals surface area contributed by atoms with Gasteiger partial charge in [-0.25, -0.2) is 4.39 Å². The van der Waals surface area contributed by atoms with Crippen molar-refractivity contribution in [1.82, 2.24) is 0 Å². The van der Waals surface area contributed by atoms with Crippen LogP contribution in [0.4, 0.5) is 4.39 Å². The predicted octanol–water partition coefficient (Wildman–Crippen LogP) is 6.62. The van der Waals surface area contributed by atoms with Crippen LogP contribution in [0.3, 0.4) is 0 Å². The Hall–Kier alpha value is -2.82. The largest absolute Gasteiger partial charge is 0.496 e. The SMILES string of the molecule is COc1ccc(/C=C/C(=O)c2ccc(Cl)cc2)cc1COc1ccc(F)c(Cl)c1. The highest BCUT2D eigenvalue weighted by Gasteiger charge is 2.07. The third kappa shape index (κ3) is 5.59. The second-order valence-corrected chi connectivity index (χ2v) is 6.98. The fraction of sp³-hybridized carbons (Fsp3) is 0.0870. The zero-order chi connectivity index (χ0) is 20.8. The highest BCUT2D eigenvalue weighted by molar-refractivity contribution is 6.31. The number of benzene rings is 3. The predicted molar refractivity (Wildman–Crippen MR) is 114 cm³/mol. The Labute approximate surface area is 178 Å². The van der Waals surface area contributed by atoms with Crippen LogP contribution >= 0.6 is 23.2 Å². The monoisotopic (exact) mass is 430 g/mol. The van der Waals surface area contributed by atoms with Crippen LogP contribution in [-0.4, -0.2) is 12.9 Å². The van der Waals surface area contributed by atoms with Crippen LogP contribution in [0.15, 0.2) is 66.7 Å². The molecule has 29 heavy (non-hydrogen) atoms. The first-order valence-electron chi connectivity index (χ1n) is 8.69. The number of carbonyl (C=O) groups is 1. The maximum absolute atomic E-state index is 13.3. The number of rotatable bonds is 7. The standard InChI is InChI=1S/C23H17Cl2FO3/c1-28-23-11-3-15(2-10-22(27)16-4-6-18(24)7-5-16)12-17(23)14-29-19-8-9-21(26)20(25)13-19/h2-13H,14H2,1H3/b10-2+. The second kappa shape index (κ2) is 9.59. The first kappa shape index (κ1) is 20.9. The van der Waals surface area contributed by atoms with E-state index in [1.165, 1.54) is 24.3 Å². The van der Waals surface area contributed by atoms with Crippen molar-refractivity contribution in [2.45, 2.75) is 6.61 Å². The van der Waals surface area contributed by atoms with Gasteiger partial charge in [0.15, 0.2) is 5.78 Å². The average molecular weight is 431 g/mol. The molecular formula is C23H17Cl2FO3. The molecule has 3 aromatic carbocycles. The zero-order valence-corrected chi connectivity index (χ0v) is 17.0. The Morgan fingerprint density at radius 1 is 1.03 bits per heavy atom. The van der Waals surface area contributed by atoms with Gasteiger partial charge in [0.2, 0.25) is 0 Å². The first-order chi connectivity index (χ1) is 14.0. The summed E-state index contributed by atoms with van der Waals surface area (Å²) in [6, 6.07) is 16.4. The normalized spacial score (nSPS) is 10.9. The fourth-order valence-electron chi connectivity index (χ4n) is 2.62. The van der Waals surface area contributed by atoms with E-state index in [2.05, 4.69) is 0 Å². The third-order valence-corrected chi connectivity index (χ3v) is 4.69. The zero-order valence-electron chi connectivity index (χ0n) is 15.5. The Morgan fingerprint density at radius 2 is 1.79 bits per heavy atom. The lowest BCUT2D eigenvalue weighted by Crippen LogP contribution is -2.00. The Morgan fingerprint density at radius 3 is 2.48 bits per heavy atom. The van der Waals surface area contributed by atoms with E-state index in [1.54, 1.807) is 43.5 Å². The number of hydrogen-bond acceptors (Lipinski definition) is 3. The van der Waals surface area contributed by atoms with E-state index >= 15 is 0 Å². The third-order valence-electron chi connectivity index (χ3n) is 4.15. The van der Waals surface area contributed by atoms with E-state index in [0.717, 1.165) is 11.1 Å². The molecule has 0 N–H and O–H groups in total. The molecule has 6 heteroatoms. The molecule has 3 rings (SSSR count). The molecule has 148 valence electrons. The number of methoxy groups -OCH3 is 1. The van der Waals surface area contributed by atoms with Crippen molar-refractivity contribution >= 4 is 35.1 Å². The van der Waals surface area contributed by atoms with Crippen molar-refractivity contribution in [1.29, 1.82) is 0 Å². The van der Waals surface area contributed by atoms with Gasteiger partial charge >= 0.3 is 0 Å². The summed E-state index contributed by atoms with van der Waals surface area (Å²) in [4.78, 5) is 12.3. The van der Waals surface area contributed by atoms with E-state index in [-0.39, 0.29) is 17.4 Å². The number of allylic oxidation sites excluding steroid dienone is 1.